The van der Waals surface area contributed by atoms with Crippen LogP contribution in [-0.2, 0) is 19.1 Å². The van der Waals surface area contributed by atoms with E-state index in [-0.39, 0.29) is 25.2 Å². The highest BCUT2D eigenvalue weighted by molar-refractivity contribution is 5.92. The smallest absolute Gasteiger partial charge is 0.342 e. The van der Waals surface area contributed by atoms with Gasteiger partial charge in [0, 0.05) is 12.0 Å². The maximum absolute atomic E-state index is 11.7. The van der Waals surface area contributed by atoms with Gasteiger partial charge in [-0.25, -0.2) is 9.59 Å². The first-order chi connectivity index (χ1) is 9.03. The van der Waals surface area contributed by atoms with Gasteiger partial charge < -0.3 is 14.6 Å². The summed E-state index contributed by atoms with van der Waals surface area (Å²) in [5.41, 5.74) is -1.65. The van der Waals surface area contributed by atoms with E-state index in [1.807, 2.05) is 0 Å². The summed E-state index contributed by atoms with van der Waals surface area (Å²) in [5.74, 6) is -1.43. The van der Waals surface area contributed by atoms with Gasteiger partial charge >= 0.3 is 11.9 Å². The zero-order valence-corrected chi connectivity index (χ0v) is 10.5. The number of allylic oxidation sites excluding steroid dienone is 2. The fourth-order valence-electron chi connectivity index (χ4n) is 1.50. The molecule has 1 unspecified atom stereocenters. The van der Waals surface area contributed by atoms with E-state index in [4.69, 9.17) is 9.47 Å². The Balaban J connectivity index is 2.72. The molecule has 0 radical (unpaired) electrons. The number of ether oxygens (including phenoxy) is 2. The highest BCUT2D eigenvalue weighted by Gasteiger charge is 2.38. The van der Waals surface area contributed by atoms with Crippen LogP contribution in [0.4, 0.5) is 0 Å². The van der Waals surface area contributed by atoms with Gasteiger partial charge in [0.05, 0.1) is 0 Å². The Morgan fingerprint density at radius 1 is 1.32 bits per heavy atom. The lowest BCUT2D eigenvalue weighted by atomic mass is 9.90. The van der Waals surface area contributed by atoms with Gasteiger partial charge in [-0.2, -0.15) is 0 Å². The van der Waals surface area contributed by atoms with E-state index in [1.165, 1.54) is 30.4 Å². The van der Waals surface area contributed by atoms with Crippen molar-refractivity contribution in [3.63, 3.8) is 0 Å². The van der Waals surface area contributed by atoms with Crippen molar-refractivity contribution in [2.45, 2.75) is 12.0 Å². The summed E-state index contributed by atoms with van der Waals surface area (Å²) in [4.78, 5) is 23.3. The molecule has 5 heteroatoms. The van der Waals surface area contributed by atoms with Crippen LogP contribution in [0, 0.1) is 0 Å². The number of esters is 2. The summed E-state index contributed by atoms with van der Waals surface area (Å²) < 4.78 is 9.64. The van der Waals surface area contributed by atoms with Crippen LogP contribution in [0.15, 0.2) is 49.1 Å². The molecule has 1 aliphatic rings. The van der Waals surface area contributed by atoms with Crippen molar-refractivity contribution in [2.24, 2.45) is 0 Å². The molecule has 0 aromatic rings. The van der Waals surface area contributed by atoms with Gasteiger partial charge in [0.15, 0.2) is 5.60 Å². The molecule has 1 rings (SSSR count). The van der Waals surface area contributed by atoms with E-state index in [1.54, 1.807) is 0 Å². The molecule has 1 aliphatic carbocycles. The number of hydrogen-bond acceptors (Lipinski definition) is 5. The summed E-state index contributed by atoms with van der Waals surface area (Å²) in [6, 6.07) is 0. The van der Waals surface area contributed by atoms with E-state index in [0.717, 1.165) is 0 Å². The van der Waals surface area contributed by atoms with Gasteiger partial charge in [0.2, 0.25) is 0 Å². The second-order valence-electron chi connectivity index (χ2n) is 3.93. The third kappa shape index (κ3) is 3.93. The average Bonchev–Trinajstić information content (AvgIpc) is 2.42. The van der Waals surface area contributed by atoms with Gasteiger partial charge in [-0.05, 0) is 6.08 Å². The van der Waals surface area contributed by atoms with Crippen molar-refractivity contribution in [2.75, 3.05) is 13.2 Å². The standard InChI is InChI=1S/C14H16O5/c1-3-8-18-12(15)11-6-5-7-14(17,10-11)13(16)19-9-4-2/h3-7,17H,1-2,8-10H2. The Morgan fingerprint density at radius 3 is 2.58 bits per heavy atom. The zero-order valence-electron chi connectivity index (χ0n) is 10.5. The van der Waals surface area contributed by atoms with Gasteiger partial charge in [-0.3, -0.25) is 0 Å². The second-order valence-corrected chi connectivity index (χ2v) is 3.93. The van der Waals surface area contributed by atoms with Crippen molar-refractivity contribution in [1.29, 1.82) is 0 Å². The molecule has 102 valence electrons. The van der Waals surface area contributed by atoms with Crippen LogP contribution >= 0.6 is 0 Å². The quantitative estimate of drug-likeness (QED) is 0.573. The van der Waals surface area contributed by atoms with Gasteiger partial charge in [0.1, 0.15) is 13.2 Å². The predicted molar refractivity (Wildman–Crippen MR) is 69.1 cm³/mol. The zero-order chi connectivity index (χ0) is 14.3. The molecule has 0 aliphatic heterocycles. The van der Waals surface area contributed by atoms with E-state index < -0.39 is 17.5 Å². The van der Waals surface area contributed by atoms with Gasteiger partial charge in [0.25, 0.3) is 0 Å². The minimum absolute atomic E-state index is 0.00502. The molecule has 0 saturated heterocycles. The first kappa shape index (κ1) is 14.9. The Morgan fingerprint density at radius 2 is 1.95 bits per heavy atom. The number of carbonyl (C=O) groups is 2. The third-order valence-corrected chi connectivity index (χ3v) is 2.41. The Bertz CT molecular complexity index is 447. The number of aliphatic hydroxyl groups is 1. The number of rotatable bonds is 6. The van der Waals surface area contributed by atoms with Crippen molar-refractivity contribution in [3.8, 4) is 0 Å². The Labute approximate surface area is 111 Å². The van der Waals surface area contributed by atoms with Crippen LogP contribution in [0.3, 0.4) is 0 Å². The summed E-state index contributed by atoms with van der Waals surface area (Å²) in [6.45, 7) is 6.89. The molecule has 0 amide bonds. The van der Waals surface area contributed by atoms with E-state index in [2.05, 4.69) is 13.2 Å². The van der Waals surface area contributed by atoms with E-state index in [0.29, 0.717) is 0 Å². The monoisotopic (exact) mass is 264 g/mol. The first-order valence-corrected chi connectivity index (χ1v) is 5.70. The predicted octanol–water partition coefficient (Wildman–Crippen LogP) is 1.06. The molecule has 0 aromatic carbocycles. The topological polar surface area (TPSA) is 72.8 Å². The van der Waals surface area contributed by atoms with Crippen LogP contribution in [0.25, 0.3) is 0 Å². The first-order valence-electron chi connectivity index (χ1n) is 5.70. The highest BCUT2D eigenvalue weighted by atomic mass is 16.6. The molecule has 0 saturated carbocycles. The molecular weight excluding hydrogens is 248 g/mol. The Kier molecular flexibility index (Phi) is 5.26. The maximum Gasteiger partial charge on any atom is 0.342 e. The molecule has 0 bridgehead atoms. The van der Waals surface area contributed by atoms with Crippen molar-refractivity contribution >= 4 is 11.9 Å². The Hall–Kier alpha value is -2.14. The maximum atomic E-state index is 11.7. The van der Waals surface area contributed by atoms with Crippen molar-refractivity contribution in [3.05, 3.63) is 49.1 Å². The molecule has 0 spiro atoms. The number of carbonyl (C=O) groups excluding carboxylic acids is 2. The minimum Gasteiger partial charge on any atom is -0.459 e. The third-order valence-electron chi connectivity index (χ3n) is 2.41. The lowest BCUT2D eigenvalue weighted by molar-refractivity contribution is -0.159. The minimum atomic E-state index is -1.85. The van der Waals surface area contributed by atoms with Crippen LogP contribution < -0.4 is 0 Å². The fourth-order valence-corrected chi connectivity index (χ4v) is 1.50. The second kappa shape index (κ2) is 6.70. The van der Waals surface area contributed by atoms with E-state index in [9.17, 15) is 14.7 Å². The molecule has 0 aromatic heterocycles. The molecule has 0 fully saturated rings. The molecule has 19 heavy (non-hydrogen) atoms. The summed E-state index contributed by atoms with van der Waals surface area (Å²) in [7, 11) is 0. The lowest BCUT2D eigenvalue weighted by Crippen LogP contribution is -2.40. The van der Waals surface area contributed by atoms with Gasteiger partial charge in [-0.15, -0.1) is 0 Å². The fraction of sp³-hybridized carbons (Fsp3) is 0.286. The van der Waals surface area contributed by atoms with Crippen LogP contribution in [0.1, 0.15) is 6.42 Å². The van der Waals surface area contributed by atoms with E-state index >= 15 is 0 Å². The SMILES string of the molecule is C=CCOC(=O)C1=CC=CC(O)(C(=O)OCC=C)C1. The van der Waals surface area contributed by atoms with Crippen LogP contribution in [-0.4, -0.2) is 35.9 Å². The van der Waals surface area contributed by atoms with Crippen LogP contribution in [0.5, 0.6) is 0 Å². The summed E-state index contributed by atoms with van der Waals surface area (Å²) in [5, 5.41) is 10.1. The van der Waals surface area contributed by atoms with Crippen molar-refractivity contribution in [1.82, 2.24) is 0 Å². The molecule has 1 N–H and O–H groups in total. The molecular formula is C14H16O5. The highest BCUT2D eigenvalue weighted by Crippen LogP contribution is 2.25. The van der Waals surface area contributed by atoms with Gasteiger partial charge in [-0.1, -0.05) is 37.5 Å². The molecule has 0 heterocycles. The summed E-state index contributed by atoms with van der Waals surface area (Å²) >= 11 is 0. The average molecular weight is 264 g/mol. The lowest BCUT2D eigenvalue weighted by Gasteiger charge is -2.25. The normalized spacial score (nSPS) is 21.2. The number of hydrogen-bond donors (Lipinski definition) is 1. The summed E-state index contributed by atoms with van der Waals surface area (Å²) in [6.07, 6.45) is 6.83. The van der Waals surface area contributed by atoms with Crippen LogP contribution in [0.2, 0.25) is 0 Å². The largest absolute Gasteiger partial charge is 0.459 e. The molecule has 5 nitrogen and oxygen atoms in total. The molecule has 1 atom stereocenters. The van der Waals surface area contributed by atoms with Crippen molar-refractivity contribution < 1.29 is 24.2 Å².